The van der Waals surface area contributed by atoms with Crippen molar-refractivity contribution in [3.63, 3.8) is 0 Å². The van der Waals surface area contributed by atoms with Gasteiger partial charge in [-0.2, -0.15) is 4.31 Å². The molecule has 5 nitrogen and oxygen atoms in total. The van der Waals surface area contributed by atoms with Gasteiger partial charge in [0.15, 0.2) is 0 Å². The van der Waals surface area contributed by atoms with Gasteiger partial charge in [0.05, 0.1) is 13.2 Å². The molecule has 1 saturated heterocycles. The van der Waals surface area contributed by atoms with E-state index in [0.717, 1.165) is 5.56 Å². The van der Waals surface area contributed by atoms with Crippen LogP contribution >= 0.6 is 12.4 Å². The number of sulfonamides is 1. The number of benzene rings is 2. The predicted octanol–water partition coefficient (Wildman–Crippen LogP) is 2.90. The van der Waals surface area contributed by atoms with Crippen LogP contribution in [0.1, 0.15) is 17.2 Å². The highest BCUT2D eigenvalue weighted by Crippen LogP contribution is 2.34. The van der Waals surface area contributed by atoms with E-state index in [0.29, 0.717) is 24.4 Å². The van der Waals surface area contributed by atoms with Crippen LogP contribution in [0, 0.1) is 12.7 Å². The summed E-state index contributed by atoms with van der Waals surface area (Å²) < 4.78 is 47.3. The fourth-order valence-electron chi connectivity index (χ4n) is 3.12. The van der Waals surface area contributed by atoms with E-state index in [1.165, 1.54) is 16.4 Å². The van der Waals surface area contributed by atoms with Gasteiger partial charge >= 0.3 is 0 Å². The maximum atomic E-state index is 14.3. The van der Waals surface area contributed by atoms with Crippen LogP contribution in [0.5, 0.6) is 5.75 Å². The second-order valence-corrected chi connectivity index (χ2v) is 7.87. The Morgan fingerprint density at radius 2 is 1.96 bits per heavy atom. The first kappa shape index (κ1) is 20.6. The fourth-order valence-corrected chi connectivity index (χ4v) is 4.77. The van der Waals surface area contributed by atoms with Crippen LogP contribution in [-0.4, -0.2) is 39.5 Å². The molecular weight excluding hydrogens is 379 g/mol. The molecule has 1 heterocycles. The summed E-state index contributed by atoms with van der Waals surface area (Å²) in [5.74, 6) is -0.113. The molecule has 1 N–H and O–H groups in total. The number of hydrogen-bond donors (Lipinski definition) is 1. The summed E-state index contributed by atoms with van der Waals surface area (Å²) in [6.07, 6.45) is 0. The van der Waals surface area contributed by atoms with E-state index in [1.807, 2.05) is 18.2 Å². The van der Waals surface area contributed by atoms with Gasteiger partial charge in [0, 0.05) is 25.2 Å². The van der Waals surface area contributed by atoms with E-state index in [-0.39, 0.29) is 23.8 Å². The molecule has 1 unspecified atom stereocenters. The van der Waals surface area contributed by atoms with Gasteiger partial charge in [-0.1, -0.05) is 24.3 Å². The van der Waals surface area contributed by atoms with Gasteiger partial charge in [-0.05, 0) is 30.7 Å². The van der Waals surface area contributed by atoms with Gasteiger partial charge in [0.2, 0.25) is 10.0 Å². The number of rotatable bonds is 4. The second kappa shape index (κ2) is 8.35. The topological polar surface area (TPSA) is 58.6 Å². The lowest BCUT2D eigenvalue weighted by atomic mass is 10.0. The largest absolute Gasteiger partial charge is 0.496 e. The number of ether oxygens (including phenoxy) is 1. The molecule has 1 fully saturated rings. The predicted molar refractivity (Wildman–Crippen MR) is 101 cm³/mol. The normalized spacial score (nSPS) is 18.2. The van der Waals surface area contributed by atoms with E-state index in [9.17, 15) is 12.8 Å². The summed E-state index contributed by atoms with van der Waals surface area (Å²) in [6.45, 7) is 2.94. The Balaban J connectivity index is 0.00000243. The SMILES string of the molecule is COc1ccccc1C1CNCCN1S(=O)(=O)c1ccc(C)cc1F.Cl. The van der Waals surface area contributed by atoms with Gasteiger partial charge in [-0.3, -0.25) is 0 Å². The summed E-state index contributed by atoms with van der Waals surface area (Å²) >= 11 is 0. The first-order chi connectivity index (χ1) is 11.9. The minimum absolute atomic E-state index is 0. The summed E-state index contributed by atoms with van der Waals surface area (Å²) in [5.41, 5.74) is 1.44. The zero-order chi connectivity index (χ0) is 18.0. The molecule has 142 valence electrons. The first-order valence-corrected chi connectivity index (χ1v) is 9.51. The Morgan fingerprint density at radius 1 is 1.23 bits per heavy atom. The van der Waals surface area contributed by atoms with E-state index >= 15 is 0 Å². The van der Waals surface area contributed by atoms with Crippen molar-refractivity contribution in [1.29, 1.82) is 0 Å². The lowest BCUT2D eigenvalue weighted by Crippen LogP contribution is -2.48. The van der Waals surface area contributed by atoms with Crippen molar-refractivity contribution in [1.82, 2.24) is 9.62 Å². The molecule has 0 aliphatic carbocycles. The fraction of sp³-hybridized carbons (Fsp3) is 0.333. The molecule has 0 amide bonds. The number of nitrogens with zero attached hydrogens (tertiary/aromatic N) is 1. The lowest BCUT2D eigenvalue weighted by molar-refractivity contribution is 0.264. The molecule has 1 aliphatic heterocycles. The zero-order valence-electron chi connectivity index (χ0n) is 14.6. The average molecular weight is 401 g/mol. The van der Waals surface area contributed by atoms with E-state index < -0.39 is 21.9 Å². The van der Waals surface area contributed by atoms with Gasteiger partial charge in [0.25, 0.3) is 0 Å². The molecule has 1 aliphatic rings. The van der Waals surface area contributed by atoms with Crippen LogP contribution in [-0.2, 0) is 10.0 Å². The van der Waals surface area contributed by atoms with Crippen LogP contribution in [0.4, 0.5) is 4.39 Å². The molecule has 2 aromatic carbocycles. The molecule has 0 saturated carbocycles. The maximum absolute atomic E-state index is 14.3. The number of methoxy groups -OCH3 is 1. The van der Waals surface area contributed by atoms with Crippen LogP contribution in [0.3, 0.4) is 0 Å². The molecule has 3 rings (SSSR count). The van der Waals surface area contributed by atoms with Gasteiger partial charge in [-0.15, -0.1) is 12.4 Å². The molecule has 0 aromatic heterocycles. The summed E-state index contributed by atoms with van der Waals surface area (Å²) in [4.78, 5) is -0.292. The minimum Gasteiger partial charge on any atom is -0.496 e. The van der Waals surface area contributed by atoms with Crippen molar-refractivity contribution < 1.29 is 17.5 Å². The standard InChI is InChI=1S/C18H21FN2O3S.ClH/c1-13-7-8-18(15(19)11-13)25(22,23)21-10-9-20-12-16(21)14-5-3-4-6-17(14)24-2;/h3-8,11,16,20H,9-10,12H2,1-2H3;1H. The molecule has 8 heteroatoms. The highest BCUT2D eigenvalue weighted by molar-refractivity contribution is 7.89. The van der Waals surface area contributed by atoms with Gasteiger partial charge in [0.1, 0.15) is 16.5 Å². The summed E-state index contributed by atoms with van der Waals surface area (Å²) in [6, 6.07) is 11.0. The maximum Gasteiger partial charge on any atom is 0.246 e. The Hall–Kier alpha value is -1.67. The number of piperazine rings is 1. The number of aryl methyl sites for hydroxylation is 1. The van der Waals surface area contributed by atoms with Gasteiger partial charge < -0.3 is 10.1 Å². The Bertz CT molecular complexity index is 876. The third kappa shape index (κ3) is 3.86. The number of halogens is 2. The number of para-hydroxylation sites is 1. The zero-order valence-corrected chi connectivity index (χ0v) is 16.2. The minimum atomic E-state index is -3.97. The molecular formula is C18H22ClFN2O3S. The van der Waals surface area contributed by atoms with Crippen LogP contribution in [0.15, 0.2) is 47.4 Å². The highest BCUT2D eigenvalue weighted by atomic mass is 35.5. The quantitative estimate of drug-likeness (QED) is 0.857. The van der Waals surface area contributed by atoms with Gasteiger partial charge in [-0.25, -0.2) is 12.8 Å². The Labute approximate surface area is 159 Å². The number of nitrogens with one attached hydrogen (secondary N) is 1. The third-order valence-electron chi connectivity index (χ3n) is 4.37. The molecule has 0 spiro atoms. The average Bonchev–Trinajstić information content (AvgIpc) is 2.61. The Kier molecular flexibility index (Phi) is 6.63. The van der Waals surface area contributed by atoms with Crippen LogP contribution < -0.4 is 10.1 Å². The summed E-state index contributed by atoms with van der Waals surface area (Å²) in [7, 11) is -2.42. The lowest BCUT2D eigenvalue weighted by Gasteiger charge is -2.36. The molecule has 0 radical (unpaired) electrons. The van der Waals surface area contributed by atoms with Crippen molar-refractivity contribution in [2.24, 2.45) is 0 Å². The van der Waals surface area contributed by atoms with E-state index in [4.69, 9.17) is 4.74 Å². The summed E-state index contributed by atoms with van der Waals surface area (Å²) in [5, 5.41) is 3.21. The first-order valence-electron chi connectivity index (χ1n) is 8.07. The highest BCUT2D eigenvalue weighted by Gasteiger charge is 2.37. The monoisotopic (exact) mass is 400 g/mol. The van der Waals surface area contributed by atoms with Crippen LogP contribution in [0.2, 0.25) is 0 Å². The number of hydrogen-bond acceptors (Lipinski definition) is 4. The van der Waals surface area contributed by atoms with Crippen molar-refractivity contribution in [2.45, 2.75) is 17.9 Å². The van der Waals surface area contributed by atoms with Crippen molar-refractivity contribution >= 4 is 22.4 Å². The van der Waals surface area contributed by atoms with E-state index in [1.54, 1.807) is 26.2 Å². The molecule has 2 aromatic rings. The third-order valence-corrected chi connectivity index (χ3v) is 6.31. The Morgan fingerprint density at radius 3 is 2.65 bits per heavy atom. The molecule has 26 heavy (non-hydrogen) atoms. The van der Waals surface area contributed by atoms with Crippen molar-refractivity contribution in [3.05, 3.63) is 59.4 Å². The van der Waals surface area contributed by atoms with E-state index in [2.05, 4.69) is 5.32 Å². The molecule has 0 bridgehead atoms. The van der Waals surface area contributed by atoms with Crippen LogP contribution in [0.25, 0.3) is 0 Å². The van der Waals surface area contributed by atoms with Crippen molar-refractivity contribution in [3.8, 4) is 5.75 Å². The van der Waals surface area contributed by atoms with Crippen molar-refractivity contribution in [2.75, 3.05) is 26.7 Å². The molecule has 1 atom stereocenters. The second-order valence-electron chi connectivity index (χ2n) is 6.01. The smallest absolute Gasteiger partial charge is 0.246 e.